The number of hydrogen-bond acceptors (Lipinski definition) is 3. The van der Waals surface area contributed by atoms with Gasteiger partial charge in [0.2, 0.25) is 5.91 Å². The van der Waals surface area contributed by atoms with Gasteiger partial charge in [0.15, 0.2) is 0 Å². The van der Waals surface area contributed by atoms with Crippen LogP contribution in [0.2, 0.25) is 0 Å². The van der Waals surface area contributed by atoms with Crippen LogP contribution in [0.4, 0.5) is 10.1 Å². The zero-order valence-corrected chi connectivity index (χ0v) is 16.9. The average molecular weight is 401 g/mol. The van der Waals surface area contributed by atoms with Crippen LogP contribution in [0.5, 0.6) is 0 Å². The summed E-state index contributed by atoms with van der Waals surface area (Å²) < 4.78 is 14.3. The molecule has 3 aromatic carbocycles. The summed E-state index contributed by atoms with van der Waals surface area (Å²) in [6.45, 7) is 2.17. The zero-order valence-electron chi connectivity index (χ0n) is 16.9. The maximum Gasteiger partial charge on any atom is 0.241 e. The van der Waals surface area contributed by atoms with E-state index < -0.39 is 5.82 Å². The number of carbonyl (C=O) groups is 1. The number of nitriles is 1. The lowest BCUT2D eigenvalue weighted by Crippen LogP contribution is -2.40. The van der Waals surface area contributed by atoms with Crippen LogP contribution in [-0.2, 0) is 4.79 Å². The number of anilines is 1. The van der Waals surface area contributed by atoms with E-state index in [0.717, 1.165) is 16.7 Å². The smallest absolute Gasteiger partial charge is 0.241 e. The molecule has 3 aromatic rings. The van der Waals surface area contributed by atoms with E-state index in [0.29, 0.717) is 0 Å². The van der Waals surface area contributed by atoms with Crippen LogP contribution in [0.1, 0.15) is 29.2 Å². The van der Waals surface area contributed by atoms with E-state index in [1.807, 2.05) is 67.6 Å². The monoisotopic (exact) mass is 401 g/mol. The minimum atomic E-state index is -0.484. The molecule has 4 nitrogen and oxygen atoms in total. The van der Waals surface area contributed by atoms with Crippen molar-refractivity contribution in [2.75, 3.05) is 18.0 Å². The van der Waals surface area contributed by atoms with Gasteiger partial charge in [-0.1, -0.05) is 72.3 Å². The van der Waals surface area contributed by atoms with Gasteiger partial charge in [0.05, 0.1) is 30.8 Å². The minimum absolute atomic E-state index is 0.00714. The Kier molecular flexibility index (Phi) is 7.31. The Morgan fingerprint density at radius 3 is 2.30 bits per heavy atom. The molecular formula is C25H24FN3O. The van der Waals surface area contributed by atoms with Gasteiger partial charge in [-0.25, -0.2) is 4.39 Å². The molecular weight excluding hydrogens is 377 g/mol. The number of carbonyl (C=O) groups excluding carboxylic acids is 1. The van der Waals surface area contributed by atoms with Gasteiger partial charge in [-0.05, 0) is 30.2 Å². The van der Waals surface area contributed by atoms with Crippen LogP contribution < -0.4 is 10.2 Å². The predicted octanol–water partition coefficient (Wildman–Crippen LogP) is 4.76. The summed E-state index contributed by atoms with van der Waals surface area (Å²) in [6.07, 6.45) is 0.125. The van der Waals surface area contributed by atoms with E-state index >= 15 is 0 Å². The van der Waals surface area contributed by atoms with Gasteiger partial charge in [-0.3, -0.25) is 10.1 Å². The lowest BCUT2D eigenvalue weighted by molar-refractivity contribution is -0.117. The van der Waals surface area contributed by atoms with Crippen molar-refractivity contribution in [2.45, 2.75) is 19.4 Å². The molecule has 0 bridgehead atoms. The number of nitrogens with one attached hydrogen (secondary N) is 1. The van der Waals surface area contributed by atoms with Crippen LogP contribution >= 0.6 is 0 Å². The molecule has 0 spiro atoms. The molecule has 0 aliphatic rings. The first kappa shape index (κ1) is 21.2. The SMILES string of the molecule is Cc1ccc([C@@H](NCC(=O)N(CCC#N)c2ccccc2F)c2ccccc2)cc1. The topological polar surface area (TPSA) is 56.1 Å². The van der Waals surface area contributed by atoms with Crippen molar-refractivity contribution in [1.82, 2.24) is 5.32 Å². The molecule has 0 heterocycles. The largest absolute Gasteiger partial charge is 0.308 e. The molecule has 0 unspecified atom stereocenters. The predicted molar refractivity (Wildman–Crippen MR) is 116 cm³/mol. The number of benzene rings is 3. The quantitative estimate of drug-likeness (QED) is 0.592. The first-order valence-electron chi connectivity index (χ1n) is 9.87. The zero-order chi connectivity index (χ0) is 21.3. The maximum absolute atomic E-state index is 14.3. The minimum Gasteiger partial charge on any atom is -0.308 e. The summed E-state index contributed by atoms with van der Waals surface area (Å²) in [7, 11) is 0. The van der Waals surface area contributed by atoms with Gasteiger partial charge in [0.1, 0.15) is 5.82 Å². The van der Waals surface area contributed by atoms with Crippen LogP contribution in [0, 0.1) is 24.1 Å². The van der Waals surface area contributed by atoms with Crippen LogP contribution in [0.3, 0.4) is 0 Å². The molecule has 0 aliphatic carbocycles. The fourth-order valence-corrected chi connectivity index (χ4v) is 3.33. The van der Waals surface area contributed by atoms with Crippen molar-refractivity contribution in [1.29, 1.82) is 5.26 Å². The van der Waals surface area contributed by atoms with Gasteiger partial charge in [-0.15, -0.1) is 0 Å². The van der Waals surface area contributed by atoms with Gasteiger partial charge >= 0.3 is 0 Å². The van der Waals surface area contributed by atoms with Crippen molar-refractivity contribution >= 4 is 11.6 Å². The lowest BCUT2D eigenvalue weighted by Gasteiger charge is -2.25. The van der Waals surface area contributed by atoms with Gasteiger partial charge in [-0.2, -0.15) is 5.26 Å². The molecule has 0 aliphatic heterocycles. The van der Waals surface area contributed by atoms with Crippen LogP contribution in [-0.4, -0.2) is 19.0 Å². The molecule has 1 amide bonds. The number of hydrogen-bond donors (Lipinski definition) is 1. The maximum atomic E-state index is 14.3. The second kappa shape index (κ2) is 10.3. The highest BCUT2D eigenvalue weighted by Gasteiger charge is 2.21. The van der Waals surface area contributed by atoms with Gasteiger partial charge < -0.3 is 4.90 Å². The highest BCUT2D eigenvalue weighted by Crippen LogP contribution is 2.23. The fraction of sp³-hybridized carbons (Fsp3) is 0.200. The van der Waals surface area contributed by atoms with Crippen molar-refractivity contribution in [2.24, 2.45) is 0 Å². The molecule has 3 rings (SSSR count). The Morgan fingerprint density at radius 1 is 1.00 bits per heavy atom. The van der Waals surface area contributed by atoms with Crippen LogP contribution in [0.15, 0.2) is 78.9 Å². The van der Waals surface area contributed by atoms with E-state index in [1.165, 1.54) is 11.0 Å². The highest BCUT2D eigenvalue weighted by atomic mass is 19.1. The fourth-order valence-electron chi connectivity index (χ4n) is 3.33. The van der Waals surface area contributed by atoms with E-state index in [-0.39, 0.29) is 37.1 Å². The number of nitrogens with zero attached hydrogens (tertiary/aromatic N) is 2. The summed E-state index contributed by atoms with van der Waals surface area (Å²) in [6, 6.07) is 26.0. The Bertz CT molecular complexity index is 1010. The second-order valence-electron chi connectivity index (χ2n) is 7.04. The molecule has 0 fully saturated rings. The first-order chi connectivity index (χ1) is 14.6. The van der Waals surface area contributed by atoms with E-state index in [2.05, 4.69) is 5.32 Å². The Balaban J connectivity index is 1.82. The number of amides is 1. The van der Waals surface area contributed by atoms with Crippen molar-refractivity contribution in [3.8, 4) is 6.07 Å². The molecule has 0 saturated heterocycles. The number of para-hydroxylation sites is 1. The number of aryl methyl sites for hydroxylation is 1. The third-order valence-corrected chi connectivity index (χ3v) is 4.89. The number of halogens is 1. The molecule has 152 valence electrons. The Hall–Kier alpha value is -3.49. The molecule has 0 aromatic heterocycles. The average Bonchev–Trinajstić information content (AvgIpc) is 2.77. The first-order valence-corrected chi connectivity index (χ1v) is 9.87. The lowest BCUT2D eigenvalue weighted by atomic mass is 9.98. The summed E-state index contributed by atoms with van der Waals surface area (Å²) >= 11 is 0. The van der Waals surface area contributed by atoms with Gasteiger partial charge in [0.25, 0.3) is 0 Å². The molecule has 0 saturated carbocycles. The van der Waals surface area contributed by atoms with E-state index in [9.17, 15) is 9.18 Å². The summed E-state index contributed by atoms with van der Waals surface area (Å²) in [5, 5.41) is 12.3. The van der Waals surface area contributed by atoms with E-state index in [4.69, 9.17) is 5.26 Å². The van der Waals surface area contributed by atoms with Crippen LogP contribution in [0.25, 0.3) is 0 Å². The molecule has 1 atom stereocenters. The second-order valence-corrected chi connectivity index (χ2v) is 7.04. The van der Waals surface area contributed by atoms with Crippen molar-refractivity contribution in [3.63, 3.8) is 0 Å². The normalized spacial score (nSPS) is 11.5. The summed E-state index contributed by atoms with van der Waals surface area (Å²) in [4.78, 5) is 14.3. The Labute approximate surface area is 176 Å². The molecule has 1 N–H and O–H groups in total. The number of rotatable bonds is 8. The third kappa shape index (κ3) is 5.31. The third-order valence-electron chi connectivity index (χ3n) is 4.89. The molecule has 0 radical (unpaired) electrons. The Morgan fingerprint density at radius 2 is 1.63 bits per heavy atom. The summed E-state index contributed by atoms with van der Waals surface area (Å²) in [5.41, 5.74) is 3.41. The summed E-state index contributed by atoms with van der Waals surface area (Å²) in [5.74, 6) is -0.773. The van der Waals surface area contributed by atoms with Crippen molar-refractivity contribution < 1.29 is 9.18 Å². The highest BCUT2D eigenvalue weighted by molar-refractivity contribution is 5.95. The molecule has 5 heteroatoms. The molecule has 30 heavy (non-hydrogen) atoms. The van der Waals surface area contributed by atoms with Crippen molar-refractivity contribution in [3.05, 3.63) is 101 Å². The van der Waals surface area contributed by atoms with E-state index in [1.54, 1.807) is 18.2 Å². The van der Waals surface area contributed by atoms with Gasteiger partial charge in [0, 0.05) is 6.54 Å². The standard InChI is InChI=1S/C25H24FN3O/c1-19-12-14-21(15-13-19)25(20-8-3-2-4-9-20)28-18-24(30)29(17-7-16-27)23-11-6-5-10-22(23)26/h2-6,8-15,25,28H,7,17-18H2,1H3/t25-/m0/s1.